The summed E-state index contributed by atoms with van der Waals surface area (Å²) in [4.78, 5) is 73.2. The second kappa shape index (κ2) is 24.9. The molecule has 0 aromatic rings. The summed E-state index contributed by atoms with van der Waals surface area (Å²) >= 11 is 0. The van der Waals surface area contributed by atoms with Crippen LogP contribution in [0, 0.1) is 23.7 Å². The van der Waals surface area contributed by atoms with E-state index in [9.17, 15) is 24.0 Å². The van der Waals surface area contributed by atoms with Crippen molar-refractivity contribution in [2.45, 2.75) is 124 Å². The summed E-state index contributed by atoms with van der Waals surface area (Å²) in [6, 6.07) is -2.40. The van der Waals surface area contributed by atoms with E-state index >= 15 is 0 Å². The van der Waals surface area contributed by atoms with Gasteiger partial charge in [0.1, 0.15) is 17.7 Å². The second-order valence-corrected chi connectivity index (χ2v) is 17.2. The monoisotopic (exact) mass is 808 g/mol. The Hall–Kier alpha value is -3.87. The molecule has 2 aliphatic heterocycles. The van der Waals surface area contributed by atoms with Gasteiger partial charge in [-0.2, -0.15) is 0 Å². The van der Waals surface area contributed by atoms with Crippen LogP contribution in [0.5, 0.6) is 0 Å². The predicted molar refractivity (Wildman–Crippen MR) is 230 cm³/mol. The number of nitrogens with one attached hydrogen (secondary N) is 3. The number of morpholine rings is 1. The summed E-state index contributed by atoms with van der Waals surface area (Å²) in [5, 5.41) is 9.09. The predicted octanol–water partition coefficient (Wildman–Crippen LogP) is 5.46. The van der Waals surface area contributed by atoms with Crippen LogP contribution in [-0.2, 0) is 33.4 Å². The summed E-state index contributed by atoms with van der Waals surface area (Å²) in [7, 11) is 1.67. The number of carbonyl (C=O) groups excluding carboxylic acids is 5. The van der Waals surface area contributed by atoms with Crippen molar-refractivity contribution < 1.29 is 33.4 Å². The molecule has 3 N–H and O–H groups in total. The average molecular weight is 808 g/mol. The van der Waals surface area contributed by atoms with Crippen molar-refractivity contribution in [3.63, 3.8) is 0 Å². The lowest BCUT2D eigenvalue weighted by atomic mass is 9.89. The number of allylic oxidation sites excluding steroid dienone is 10. The number of carbonyl (C=O) groups is 5. The number of Topliss-reactive ketones (excluding diaryl/α,β-unsaturated/α-hetero) is 1. The summed E-state index contributed by atoms with van der Waals surface area (Å²) in [5.74, 6) is -1.58. The van der Waals surface area contributed by atoms with E-state index in [-0.39, 0.29) is 42.5 Å². The standard InChI is InChI=1S/C46H73N5O7/c1-9-11-14-17-35(10-2)29-37(43(54)48-38(22-20-33(3)4)42(53)46(7)32-58-46)30-47-44(55)39(28-34(5)6)49-45(56)40(23-21-36-18-15-12-13-16-19-36)50(8)41(52)31-51-24-26-57-27-25-51/h9,11-18,33-35,37-40H,10,19-32H2,1-8H3,(H,47,55)(H,48,54)(H,49,56). The van der Waals surface area contributed by atoms with Crippen molar-refractivity contribution in [2.75, 3.05) is 53.0 Å². The highest BCUT2D eigenvalue weighted by Gasteiger charge is 2.50. The molecule has 2 saturated heterocycles. The second-order valence-electron chi connectivity index (χ2n) is 17.2. The largest absolute Gasteiger partial charge is 0.379 e. The van der Waals surface area contributed by atoms with Crippen LogP contribution < -0.4 is 16.0 Å². The van der Waals surface area contributed by atoms with Crippen LogP contribution in [0.4, 0.5) is 0 Å². The van der Waals surface area contributed by atoms with Gasteiger partial charge in [0, 0.05) is 26.7 Å². The number of amides is 4. The zero-order valence-corrected chi connectivity index (χ0v) is 36.6. The molecule has 6 atom stereocenters. The number of nitrogens with zero attached hydrogens (tertiary/aromatic N) is 2. The van der Waals surface area contributed by atoms with Gasteiger partial charge in [-0.3, -0.25) is 28.9 Å². The number of likely N-dealkylation sites (N-methyl/N-ethyl adjacent to an activating group) is 1. The first-order valence-electron chi connectivity index (χ1n) is 21.6. The van der Waals surface area contributed by atoms with Gasteiger partial charge in [0.2, 0.25) is 23.6 Å². The molecule has 0 spiro atoms. The molecule has 0 aromatic carbocycles. The minimum absolute atomic E-state index is 0.0263. The van der Waals surface area contributed by atoms with E-state index in [1.165, 1.54) is 4.90 Å². The highest BCUT2D eigenvalue weighted by molar-refractivity contribution is 5.97. The third-order valence-electron chi connectivity index (χ3n) is 11.2. The van der Waals surface area contributed by atoms with Crippen LogP contribution in [0.2, 0.25) is 0 Å². The number of epoxide rings is 1. The highest BCUT2D eigenvalue weighted by atomic mass is 16.6. The minimum Gasteiger partial charge on any atom is -0.379 e. The maximum Gasteiger partial charge on any atom is 0.243 e. The first kappa shape index (κ1) is 48.5. The van der Waals surface area contributed by atoms with E-state index in [1.807, 2.05) is 68.2 Å². The zero-order chi connectivity index (χ0) is 42.7. The third kappa shape index (κ3) is 16.8. The molecule has 58 heavy (non-hydrogen) atoms. The fourth-order valence-electron chi connectivity index (χ4n) is 7.22. The molecule has 4 amide bonds. The summed E-state index contributed by atoms with van der Waals surface area (Å²) in [6.07, 6.45) is 22.6. The molecule has 1 aliphatic carbocycles. The molecular formula is C46H73N5O7. The summed E-state index contributed by atoms with van der Waals surface area (Å²) in [5.41, 5.74) is 0.262. The Morgan fingerprint density at radius 1 is 0.897 bits per heavy atom. The van der Waals surface area contributed by atoms with E-state index in [4.69, 9.17) is 9.47 Å². The Morgan fingerprint density at radius 3 is 2.24 bits per heavy atom. The Kier molecular flexibility index (Phi) is 20.8. The molecule has 3 aliphatic rings. The molecule has 12 heteroatoms. The molecular weight excluding hydrogens is 735 g/mol. The van der Waals surface area contributed by atoms with Gasteiger partial charge >= 0.3 is 0 Å². The lowest BCUT2D eigenvalue weighted by Gasteiger charge is -2.33. The summed E-state index contributed by atoms with van der Waals surface area (Å²) < 4.78 is 10.9. The van der Waals surface area contributed by atoms with E-state index in [2.05, 4.69) is 48.9 Å². The van der Waals surface area contributed by atoms with Crippen molar-refractivity contribution in [3.8, 4) is 0 Å². The Labute approximate surface area is 348 Å². The number of hydrogen-bond donors (Lipinski definition) is 3. The Morgan fingerprint density at radius 2 is 1.60 bits per heavy atom. The van der Waals surface area contributed by atoms with Crippen molar-refractivity contribution in [3.05, 3.63) is 60.3 Å². The highest BCUT2D eigenvalue weighted by Crippen LogP contribution is 2.30. The lowest BCUT2D eigenvalue weighted by molar-refractivity contribution is -0.141. The quantitative estimate of drug-likeness (QED) is 0.0814. The van der Waals surface area contributed by atoms with Crippen molar-refractivity contribution in [2.24, 2.45) is 23.7 Å². The Balaban J connectivity index is 1.82. The van der Waals surface area contributed by atoms with Gasteiger partial charge in [0.15, 0.2) is 5.78 Å². The molecule has 324 valence electrons. The molecule has 2 fully saturated rings. The minimum atomic E-state index is -0.895. The molecule has 12 nitrogen and oxygen atoms in total. The fraction of sp³-hybridized carbons (Fsp3) is 0.674. The number of hydrogen-bond acceptors (Lipinski definition) is 8. The van der Waals surface area contributed by atoms with Crippen molar-refractivity contribution in [1.82, 2.24) is 25.8 Å². The van der Waals surface area contributed by atoms with E-state index in [1.54, 1.807) is 14.0 Å². The molecule has 0 saturated carbocycles. The lowest BCUT2D eigenvalue weighted by Crippen LogP contribution is -2.56. The van der Waals surface area contributed by atoms with Crippen LogP contribution in [0.25, 0.3) is 0 Å². The maximum absolute atomic E-state index is 14.3. The van der Waals surface area contributed by atoms with Crippen LogP contribution in [0.3, 0.4) is 0 Å². The van der Waals surface area contributed by atoms with Crippen molar-refractivity contribution >= 4 is 29.4 Å². The molecule has 6 unspecified atom stereocenters. The molecule has 3 rings (SSSR count). The van der Waals surface area contributed by atoms with Crippen LogP contribution in [0.1, 0.15) is 99.8 Å². The molecule has 0 bridgehead atoms. The molecule has 0 aromatic heterocycles. The zero-order valence-electron chi connectivity index (χ0n) is 36.6. The molecule has 0 radical (unpaired) electrons. The maximum atomic E-state index is 14.3. The SMILES string of the molecule is CC=CC=CC(CC)CC(CNC(=O)C(CC(C)C)NC(=O)C(CCC1=CC=CC=CC1)N(C)C(=O)CN1CCOCC1)C(=O)NC(CCC(C)C)C(=O)C1(C)CO1. The Bertz CT molecular complexity index is 1500. The molecule has 2 heterocycles. The first-order valence-corrected chi connectivity index (χ1v) is 21.6. The number of ether oxygens (including phenoxy) is 2. The van der Waals surface area contributed by atoms with Gasteiger partial charge in [-0.25, -0.2) is 0 Å². The van der Waals surface area contributed by atoms with Crippen LogP contribution >= 0.6 is 0 Å². The van der Waals surface area contributed by atoms with Gasteiger partial charge in [0.05, 0.1) is 38.3 Å². The fourth-order valence-corrected chi connectivity index (χ4v) is 7.22. The average Bonchev–Trinajstić information content (AvgIpc) is 4.00. The van der Waals surface area contributed by atoms with Gasteiger partial charge in [0.25, 0.3) is 0 Å². The topological polar surface area (TPSA) is 150 Å². The van der Waals surface area contributed by atoms with Gasteiger partial charge in [-0.15, -0.1) is 0 Å². The van der Waals surface area contributed by atoms with Crippen LogP contribution in [0.15, 0.2) is 60.3 Å². The number of rotatable bonds is 25. The van der Waals surface area contributed by atoms with Crippen LogP contribution in [-0.4, -0.2) is 116 Å². The first-order chi connectivity index (χ1) is 27.7. The van der Waals surface area contributed by atoms with Gasteiger partial charge < -0.3 is 30.3 Å². The third-order valence-corrected chi connectivity index (χ3v) is 11.2. The van der Waals surface area contributed by atoms with E-state index in [0.29, 0.717) is 70.9 Å². The van der Waals surface area contributed by atoms with E-state index in [0.717, 1.165) is 24.8 Å². The van der Waals surface area contributed by atoms with Gasteiger partial charge in [-0.1, -0.05) is 94.9 Å². The summed E-state index contributed by atoms with van der Waals surface area (Å²) in [6.45, 7) is 16.8. The van der Waals surface area contributed by atoms with Gasteiger partial charge in [-0.05, 0) is 83.0 Å². The van der Waals surface area contributed by atoms with E-state index < -0.39 is 41.5 Å². The normalized spacial score (nSPS) is 21.0. The smallest absolute Gasteiger partial charge is 0.243 e. The van der Waals surface area contributed by atoms with Crippen molar-refractivity contribution in [1.29, 1.82) is 0 Å². The number of ketones is 1.